The van der Waals surface area contributed by atoms with Crippen molar-refractivity contribution in [3.05, 3.63) is 17.6 Å². The van der Waals surface area contributed by atoms with Crippen LogP contribution in [0.25, 0.3) is 0 Å². The summed E-state index contributed by atoms with van der Waals surface area (Å²) >= 11 is 0. The quantitative estimate of drug-likeness (QED) is 0.825. The van der Waals surface area contributed by atoms with Crippen LogP contribution in [0.3, 0.4) is 0 Å². The SMILES string of the molecule is Cc1cc(NCCN(C)C(C)C)nc(C)n1. The molecule has 90 valence electrons. The van der Waals surface area contributed by atoms with Crippen molar-refractivity contribution in [2.45, 2.75) is 33.7 Å². The lowest BCUT2D eigenvalue weighted by Gasteiger charge is -2.21. The normalized spacial score (nSPS) is 11.2. The zero-order chi connectivity index (χ0) is 12.1. The minimum Gasteiger partial charge on any atom is -0.369 e. The summed E-state index contributed by atoms with van der Waals surface area (Å²) in [7, 11) is 2.13. The van der Waals surface area contributed by atoms with Crippen molar-refractivity contribution in [2.24, 2.45) is 0 Å². The van der Waals surface area contributed by atoms with Crippen LogP contribution in [0.1, 0.15) is 25.4 Å². The fraction of sp³-hybridized carbons (Fsp3) is 0.667. The number of nitrogens with zero attached hydrogens (tertiary/aromatic N) is 3. The predicted octanol–water partition coefficient (Wildman–Crippen LogP) is 1.85. The first-order valence-corrected chi connectivity index (χ1v) is 5.75. The van der Waals surface area contributed by atoms with Crippen molar-refractivity contribution in [1.82, 2.24) is 14.9 Å². The molecule has 0 unspecified atom stereocenters. The molecule has 0 bridgehead atoms. The Morgan fingerprint density at radius 2 is 2.00 bits per heavy atom. The number of anilines is 1. The van der Waals surface area contributed by atoms with E-state index in [1.807, 2.05) is 19.9 Å². The summed E-state index contributed by atoms with van der Waals surface area (Å²) < 4.78 is 0. The van der Waals surface area contributed by atoms with E-state index >= 15 is 0 Å². The molecule has 1 N–H and O–H groups in total. The number of hydrogen-bond acceptors (Lipinski definition) is 4. The molecule has 1 aromatic heterocycles. The van der Waals surface area contributed by atoms with Gasteiger partial charge in [-0.1, -0.05) is 0 Å². The van der Waals surface area contributed by atoms with Gasteiger partial charge < -0.3 is 10.2 Å². The molecule has 0 radical (unpaired) electrons. The summed E-state index contributed by atoms with van der Waals surface area (Å²) in [6, 6.07) is 2.55. The van der Waals surface area contributed by atoms with Gasteiger partial charge in [0.25, 0.3) is 0 Å². The Morgan fingerprint density at radius 1 is 1.31 bits per heavy atom. The molecule has 0 saturated heterocycles. The topological polar surface area (TPSA) is 41.0 Å². The van der Waals surface area contributed by atoms with Gasteiger partial charge >= 0.3 is 0 Å². The lowest BCUT2D eigenvalue weighted by atomic mass is 10.3. The second kappa shape index (κ2) is 5.80. The number of aromatic nitrogens is 2. The Morgan fingerprint density at radius 3 is 2.56 bits per heavy atom. The smallest absolute Gasteiger partial charge is 0.129 e. The lowest BCUT2D eigenvalue weighted by Crippen LogP contribution is -2.31. The monoisotopic (exact) mass is 222 g/mol. The van der Waals surface area contributed by atoms with Crippen molar-refractivity contribution in [3.63, 3.8) is 0 Å². The third-order valence-electron chi connectivity index (χ3n) is 2.62. The number of nitrogens with one attached hydrogen (secondary N) is 1. The van der Waals surface area contributed by atoms with Crippen molar-refractivity contribution < 1.29 is 0 Å². The first-order chi connectivity index (χ1) is 7.49. The van der Waals surface area contributed by atoms with E-state index in [9.17, 15) is 0 Å². The molecular weight excluding hydrogens is 200 g/mol. The molecule has 0 aromatic carbocycles. The minimum atomic E-state index is 0.579. The molecule has 0 amide bonds. The van der Waals surface area contributed by atoms with Crippen LogP contribution in [0.15, 0.2) is 6.07 Å². The Hall–Kier alpha value is -1.16. The van der Waals surface area contributed by atoms with Crippen LogP contribution in [-0.4, -0.2) is 41.0 Å². The van der Waals surface area contributed by atoms with Crippen molar-refractivity contribution in [3.8, 4) is 0 Å². The van der Waals surface area contributed by atoms with Gasteiger partial charge in [-0.25, -0.2) is 9.97 Å². The zero-order valence-corrected chi connectivity index (χ0v) is 10.9. The fourth-order valence-corrected chi connectivity index (χ4v) is 1.43. The number of likely N-dealkylation sites (N-methyl/N-ethyl adjacent to an activating group) is 1. The van der Waals surface area contributed by atoms with Gasteiger partial charge in [0.2, 0.25) is 0 Å². The highest BCUT2D eigenvalue weighted by molar-refractivity contribution is 5.35. The van der Waals surface area contributed by atoms with Gasteiger partial charge in [-0.2, -0.15) is 0 Å². The maximum Gasteiger partial charge on any atom is 0.129 e. The number of hydrogen-bond donors (Lipinski definition) is 1. The molecule has 1 aromatic rings. The molecular formula is C12H22N4. The predicted molar refractivity (Wildman–Crippen MR) is 67.8 cm³/mol. The van der Waals surface area contributed by atoms with Crippen LogP contribution in [0, 0.1) is 13.8 Å². The molecule has 0 fully saturated rings. The van der Waals surface area contributed by atoms with Gasteiger partial charge in [-0.05, 0) is 34.7 Å². The van der Waals surface area contributed by atoms with Crippen LogP contribution in [-0.2, 0) is 0 Å². The molecule has 0 aliphatic carbocycles. The lowest BCUT2D eigenvalue weighted by molar-refractivity contribution is 0.284. The first-order valence-electron chi connectivity index (χ1n) is 5.75. The summed E-state index contributed by atoms with van der Waals surface area (Å²) in [6.07, 6.45) is 0. The molecule has 4 heteroatoms. The minimum absolute atomic E-state index is 0.579. The van der Waals surface area contributed by atoms with E-state index < -0.39 is 0 Å². The molecule has 0 saturated carbocycles. The summed E-state index contributed by atoms with van der Waals surface area (Å²) in [6.45, 7) is 10.2. The highest BCUT2D eigenvalue weighted by atomic mass is 15.1. The fourth-order valence-electron chi connectivity index (χ4n) is 1.43. The van der Waals surface area contributed by atoms with E-state index in [0.29, 0.717) is 6.04 Å². The third-order valence-corrected chi connectivity index (χ3v) is 2.62. The van der Waals surface area contributed by atoms with E-state index in [1.54, 1.807) is 0 Å². The van der Waals surface area contributed by atoms with Crippen LogP contribution >= 0.6 is 0 Å². The standard InChI is InChI=1S/C12H22N4/c1-9(2)16(5)7-6-13-12-8-10(3)14-11(4)15-12/h8-9H,6-7H2,1-5H3,(H,13,14,15). The second-order valence-corrected chi connectivity index (χ2v) is 4.44. The zero-order valence-electron chi connectivity index (χ0n) is 10.9. The molecule has 0 aliphatic rings. The molecule has 4 nitrogen and oxygen atoms in total. The first kappa shape index (κ1) is 12.9. The van der Waals surface area contributed by atoms with Crippen LogP contribution in [0.2, 0.25) is 0 Å². The Balaban J connectivity index is 2.43. The van der Waals surface area contributed by atoms with Gasteiger partial charge in [0, 0.05) is 30.9 Å². The molecule has 1 rings (SSSR count). The highest BCUT2D eigenvalue weighted by Gasteiger charge is 2.03. The Kier molecular flexibility index (Phi) is 4.68. The van der Waals surface area contributed by atoms with Gasteiger partial charge in [0.05, 0.1) is 0 Å². The van der Waals surface area contributed by atoms with Crippen molar-refractivity contribution >= 4 is 5.82 Å². The second-order valence-electron chi connectivity index (χ2n) is 4.44. The van der Waals surface area contributed by atoms with E-state index in [2.05, 4.69) is 41.1 Å². The van der Waals surface area contributed by atoms with Gasteiger partial charge in [-0.3, -0.25) is 0 Å². The molecule has 0 spiro atoms. The van der Waals surface area contributed by atoms with Gasteiger partial charge in [-0.15, -0.1) is 0 Å². The highest BCUT2D eigenvalue weighted by Crippen LogP contribution is 2.05. The Labute approximate surface area is 98.1 Å². The third kappa shape index (κ3) is 4.14. The van der Waals surface area contributed by atoms with E-state index in [4.69, 9.17) is 0 Å². The molecule has 0 aliphatic heterocycles. The maximum atomic E-state index is 4.33. The van der Waals surface area contributed by atoms with Gasteiger partial charge in [0.1, 0.15) is 11.6 Å². The Bertz CT molecular complexity index is 316. The summed E-state index contributed by atoms with van der Waals surface area (Å²) in [5, 5.41) is 3.32. The van der Waals surface area contributed by atoms with Crippen molar-refractivity contribution in [2.75, 3.05) is 25.5 Å². The largest absolute Gasteiger partial charge is 0.369 e. The summed E-state index contributed by atoms with van der Waals surface area (Å²) in [5.74, 6) is 1.74. The van der Waals surface area contributed by atoms with Crippen LogP contribution in [0.4, 0.5) is 5.82 Å². The van der Waals surface area contributed by atoms with E-state index in [0.717, 1.165) is 30.4 Å². The maximum absolute atomic E-state index is 4.33. The van der Waals surface area contributed by atoms with E-state index in [-0.39, 0.29) is 0 Å². The van der Waals surface area contributed by atoms with Crippen molar-refractivity contribution in [1.29, 1.82) is 0 Å². The molecule has 1 heterocycles. The number of rotatable bonds is 5. The average molecular weight is 222 g/mol. The summed E-state index contributed by atoms with van der Waals surface area (Å²) in [5.41, 5.74) is 1.01. The van der Waals surface area contributed by atoms with Crippen LogP contribution < -0.4 is 5.32 Å². The average Bonchev–Trinajstić information content (AvgIpc) is 2.15. The number of aryl methyl sites for hydroxylation is 2. The molecule has 0 atom stereocenters. The summed E-state index contributed by atoms with van der Waals surface area (Å²) in [4.78, 5) is 10.9. The molecule has 16 heavy (non-hydrogen) atoms. The van der Waals surface area contributed by atoms with Crippen LogP contribution in [0.5, 0.6) is 0 Å². The van der Waals surface area contributed by atoms with E-state index in [1.165, 1.54) is 0 Å². The van der Waals surface area contributed by atoms with Gasteiger partial charge in [0.15, 0.2) is 0 Å².